The second-order valence-corrected chi connectivity index (χ2v) is 6.87. The van der Waals surface area contributed by atoms with Crippen LogP contribution in [0.2, 0.25) is 5.02 Å². The Kier molecular flexibility index (Phi) is 5.54. The normalized spacial score (nSPS) is 12.8. The van der Waals surface area contributed by atoms with Crippen molar-refractivity contribution >= 4 is 22.6 Å². The van der Waals surface area contributed by atoms with E-state index in [-0.39, 0.29) is 16.6 Å². The first kappa shape index (κ1) is 20.0. The molecule has 2 aromatic carbocycles. The fourth-order valence-corrected chi connectivity index (χ4v) is 3.41. The smallest absolute Gasteiger partial charge is 0.296 e. The first-order valence-corrected chi connectivity index (χ1v) is 9.04. The fraction of sp³-hybridized carbons (Fsp3) is 0.316. The summed E-state index contributed by atoms with van der Waals surface area (Å²) in [7, 11) is 0. The van der Waals surface area contributed by atoms with Gasteiger partial charge in [-0.05, 0) is 41.8 Å². The molecular formula is C19H17ClF3N5. The number of fused-ring (bicyclic) bond motifs is 1. The number of aromatic nitrogens is 2. The van der Waals surface area contributed by atoms with E-state index in [1.54, 1.807) is 0 Å². The third-order valence-corrected chi connectivity index (χ3v) is 4.72. The molecule has 28 heavy (non-hydrogen) atoms. The van der Waals surface area contributed by atoms with Gasteiger partial charge in [0.1, 0.15) is 5.82 Å². The van der Waals surface area contributed by atoms with Crippen molar-refractivity contribution in [2.75, 3.05) is 0 Å². The summed E-state index contributed by atoms with van der Waals surface area (Å²) in [5, 5.41) is 3.30. The molecule has 9 heteroatoms. The van der Waals surface area contributed by atoms with Crippen LogP contribution < -0.4 is 0 Å². The third-order valence-electron chi connectivity index (χ3n) is 4.41. The molecule has 1 aromatic heterocycles. The summed E-state index contributed by atoms with van der Waals surface area (Å²) in [6, 6.07) is 9.65. The molecule has 1 atom stereocenters. The van der Waals surface area contributed by atoms with Crippen LogP contribution in [0, 0.1) is 0 Å². The first-order chi connectivity index (χ1) is 13.2. The van der Waals surface area contributed by atoms with E-state index in [0.717, 1.165) is 17.3 Å². The summed E-state index contributed by atoms with van der Waals surface area (Å²) in [4.78, 5) is 7.17. The van der Waals surface area contributed by atoms with Gasteiger partial charge in [0, 0.05) is 23.1 Å². The summed E-state index contributed by atoms with van der Waals surface area (Å²) in [6.45, 7) is 3.71. The van der Waals surface area contributed by atoms with E-state index in [2.05, 4.69) is 15.0 Å². The van der Waals surface area contributed by atoms with Gasteiger partial charge < -0.3 is 0 Å². The Balaban J connectivity index is 2.07. The highest BCUT2D eigenvalue weighted by Gasteiger charge is 2.34. The average Bonchev–Trinajstić information content (AvgIpc) is 2.98. The maximum atomic E-state index is 13.1. The van der Waals surface area contributed by atoms with Crippen LogP contribution >= 0.6 is 11.6 Å². The molecule has 0 aliphatic rings. The van der Waals surface area contributed by atoms with Crippen molar-refractivity contribution in [1.82, 2.24) is 9.55 Å². The lowest BCUT2D eigenvalue weighted by molar-refractivity contribution is -0.137. The van der Waals surface area contributed by atoms with E-state index < -0.39 is 11.7 Å². The lowest BCUT2D eigenvalue weighted by atomic mass is 10.1. The molecular weight excluding hydrogens is 391 g/mol. The van der Waals surface area contributed by atoms with E-state index in [0.29, 0.717) is 24.2 Å². The molecule has 0 bridgehead atoms. The van der Waals surface area contributed by atoms with Gasteiger partial charge in [0.25, 0.3) is 0 Å². The van der Waals surface area contributed by atoms with Gasteiger partial charge in [0.2, 0.25) is 0 Å². The monoisotopic (exact) mass is 407 g/mol. The summed E-state index contributed by atoms with van der Waals surface area (Å²) in [5.74, 6) is 0.639. The summed E-state index contributed by atoms with van der Waals surface area (Å²) < 4.78 is 41.2. The SMILES string of the molecule is CCc1nc2cc(C(F)(F)F)c(Cl)cc2n1-c1ccc(C[C@@H](C)N=[N+]=[N-])cc1. The van der Waals surface area contributed by atoms with Crippen molar-refractivity contribution in [3.63, 3.8) is 0 Å². The van der Waals surface area contributed by atoms with Crippen LogP contribution in [-0.4, -0.2) is 15.6 Å². The standard InChI is InChI=1S/C19H17ClF3N5/c1-3-18-25-16-9-14(19(21,22)23)15(20)10-17(16)28(18)13-6-4-12(5-7-13)8-11(2)26-27-24/h4-7,9-11H,3,8H2,1-2H3/t11-/m1/s1. The highest BCUT2D eigenvalue weighted by molar-refractivity contribution is 6.32. The van der Waals surface area contributed by atoms with Gasteiger partial charge in [-0.2, -0.15) is 13.2 Å². The van der Waals surface area contributed by atoms with Gasteiger partial charge >= 0.3 is 6.18 Å². The van der Waals surface area contributed by atoms with Crippen LogP contribution in [0.4, 0.5) is 13.2 Å². The minimum absolute atomic E-state index is 0.171. The predicted octanol–water partition coefficient (Wildman–Crippen LogP) is 6.50. The molecule has 0 fully saturated rings. The van der Waals surface area contributed by atoms with Crippen LogP contribution in [0.5, 0.6) is 0 Å². The Bertz CT molecular complexity index is 1050. The van der Waals surface area contributed by atoms with Gasteiger partial charge in [-0.25, -0.2) is 4.98 Å². The minimum Gasteiger partial charge on any atom is -0.296 e. The van der Waals surface area contributed by atoms with Crippen LogP contribution in [0.25, 0.3) is 27.2 Å². The van der Waals surface area contributed by atoms with Gasteiger partial charge in [-0.3, -0.25) is 4.57 Å². The van der Waals surface area contributed by atoms with Crippen molar-refractivity contribution in [3.05, 3.63) is 68.8 Å². The largest absolute Gasteiger partial charge is 0.417 e. The second-order valence-electron chi connectivity index (χ2n) is 6.46. The molecule has 3 rings (SSSR count). The zero-order valence-corrected chi connectivity index (χ0v) is 16.0. The van der Waals surface area contributed by atoms with Crippen molar-refractivity contribution in [1.29, 1.82) is 0 Å². The summed E-state index contributed by atoms with van der Waals surface area (Å²) >= 11 is 5.91. The number of halogens is 4. The number of nitrogens with zero attached hydrogens (tertiary/aromatic N) is 5. The van der Waals surface area contributed by atoms with Crippen LogP contribution in [-0.2, 0) is 19.0 Å². The molecule has 0 aliphatic carbocycles. The minimum atomic E-state index is -4.54. The molecule has 0 radical (unpaired) electrons. The lowest BCUT2D eigenvalue weighted by Crippen LogP contribution is -2.06. The highest BCUT2D eigenvalue weighted by Crippen LogP contribution is 2.37. The molecule has 146 valence electrons. The maximum Gasteiger partial charge on any atom is 0.417 e. The molecule has 5 nitrogen and oxygen atoms in total. The second kappa shape index (κ2) is 7.73. The number of hydrogen-bond acceptors (Lipinski definition) is 2. The van der Waals surface area contributed by atoms with Crippen LogP contribution in [0.1, 0.15) is 30.8 Å². The lowest BCUT2D eigenvalue weighted by Gasteiger charge is -2.12. The Morgan fingerprint density at radius 2 is 1.93 bits per heavy atom. The van der Waals surface area contributed by atoms with Crippen LogP contribution in [0.15, 0.2) is 41.5 Å². The Morgan fingerprint density at radius 1 is 1.25 bits per heavy atom. The van der Waals surface area contributed by atoms with E-state index in [9.17, 15) is 13.2 Å². The average molecular weight is 408 g/mol. The Labute approximate surface area is 164 Å². The Hall–Kier alpha value is -2.70. The van der Waals surface area contributed by atoms with E-state index in [4.69, 9.17) is 17.1 Å². The molecule has 0 N–H and O–H groups in total. The van der Waals surface area contributed by atoms with Gasteiger partial charge in [0.15, 0.2) is 0 Å². The summed E-state index contributed by atoms with van der Waals surface area (Å²) in [6.07, 6.45) is -3.40. The number of benzene rings is 2. The highest BCUT2D eigenvalue weighted by atomic mass is 35.5. The zero-order valence-electron chi connectivity index (χ0n) is 15.2. The number of imidazole rings is 1. The summed E-state index contributed by atoms with van der Waals surface area (Å²) in [5.41, 5.74) is 10.1. The predicted molar refractivity (Wildman–Crippen MR) is 103 cm³/mol. The molecule has 1 heterocycles. The first-order valence-electron chi connectivity index (χ1n) is 8.66. The van der Waals surface area contributed by atoms with Crippen molar-refractivity contribution in [2.45, 2.75) is 38.9 Å². The third kappa shape index (κ3) is 3.93. The van der Waals surface area contributed by atoms with Crippen molar-refractivity contribution in [3.8, 4) is 5.69 Å². The van der Waals surface area contributed by atoms with Gasteiger partial charge in [-0.15, -0.1) is 0 Å². The number of alkyl halides is 3. The van der Waals surface area contributed by atoms with Gasteiger partial charge in [-0.1, -0.05) is 42.7 Å². The molecule has 0 spiro atoms. The quantitative estimate of drug-likeness (QED) is 0.270. The maximum absolute atomic E-state index is 13.1. The van der Waals surface area contributed by atoms with Crippen molar-refractivity contribution in [2.24, 2.45) is 5.11 Å². The molecule has 0 saturated heterocycles. The zero-order chi connectivity index (χ0) is 20.5. The van der Waals surface area contributed by atoms with E-state index in [1.165, 1.54) is 6.07 Å². The van der Waals surface area contributed by atoms with Crippen LogP contribution in [0.3, 0.4) is 0 Å². The molecule has 3 aromatic rings. The van der Waals surface area contributed by atoms with Gasteiger partial charge in [0.05, 0.1) is 21.6 Å². The molecule has 0 amide bonds. The number of rotatable bonds is 5. The molecule has 0 saturated carbocycles. The molecule has 0 unspecified atom stereocenters. The fourth-order valence-electron chi connectivity index (χ4n) is 3.14. The Morgan fingerprint density at radius 3 is 2.50 bits per heavy atom. The number of hydrogen-bond donors (Lipinski definition) is 0. The van der Waals surface area contributed by atoms with E-state index in [1.807, 2.05) is 42.7 Å². The number of aryl methyl sites for hydroxylation is 1. The molecule has 0 aliphatic heterocycles. The number of azide groups is 1. The van der Waals surface area contributed by atoms with Crippen molar-refractivity contribution < 1.29 is 13.2 Å². The van der Waals surface area contributed by atoms with E-state index >= 15 is 0 Å². The topological polar surface area (TPSA) is 66.6 Å².